The Morgan fingerprint density at radius 2 is 2.28 bits per heavy atom. The monoisotopic (exact) mass is 359 g/mol. The van der Waals surface area contributed by atoms with E-state index < -0.39 is 5.97 Å². The molecule has 1 aromatic rings. The van der Waals surface area contributed by atoms with Crippen molar-refractivity contribution in [3.63, 3.8) is 0 Å². The molecular formula is C14H18INO2. The van der Waals surface area contributed by atoms with E-state index in [2.05, 4.69) is 34.4 Å². The summed E-state index contributed by atoms with van der Waals surface area (Å²) in [7, 11) is 0. The van der Waals surface area contributed by atoms with Crippen molar-refractivity contribution >= 4 is 28.6 Å². The van der Waals surface area contributed by atoms with Crippen LogP contribution in [0.25, 0.3) is 0 Å². The minimum Gasteiger partial charge on any atom is -0.478 e. The molecule has 98 valence electrons. The van der Waals surface area contributed by atoms with Crippen molar-refractivity contribution in [1.82, 2.24) is 4.90 Å². The van der Waals surface area contributed by atoms with Gasteiger partial charge in [0.05, 0.1) is 5.56 Å². The standard InChI is InChI=1S/C14H18INO2/c1-10-4-2-3-7-16(10)9-12-6-5-11(14(17)18)8-13(12)15/h5-6,8,10H,2-4,7,9H2,1H3,(H,17,18). The molecule has 1 fully saturated rings. The van der Waals surface area contributed by atoms with Crippen LogP contribution in [0.5, 0.6) is 0 Å². The van der Waals surface area contributed by atoms with Crippen molar-refractivity contribution in [1.29, 1.82) is 0 Å². The Hall–Kier alpha value is -0.620. The molecule has 0 spiro atoms. The molecule has 1 saturated heterocycles. The number of aromatic carboxylic acids is 1. The summed E-state index contributed by atoms with van der Waals surface area (Å²) in [6.07, 6.45) is 3.87. The highest BCUT2D eigenvalue weighted by atomic mass is 127. The van der Waals surface area contributed by atoms with Gasteiger partial charge in [-0.25, -0.2) is 4.79 Å². The second-order valence-corrected chi connectivity index (χ2v) is 6.09. The number of likely N-dealkylation sites (tertiary alicyclic amines) is 1. The summed E-state index contributed by atoms with van der Waals surface area (Å²) in [4.78, 5) is 13.4. The van der Waals surface area contributed by atoms with Crippen molar-refractivity contribution in [2.24, 2.45) is 0 Å². The number of piperidine rings is 1. The highest BCUT2D eigenvalue weighted by Crippen LogP contribution is 2.22. The van der Waals surface area contributed by atoms with Crippen LogP contribution in [0.2, 0.25) is 0 Å². The zero-order chi connectivity index (χ0) is 13.1. The molecule has 1 aliphatic heterocycles. The second kappa shape index (κ2) is 6.02. The van der Waals surface area contributed by atoms with Gasteiger partial charge in [-0.15, -0.1) is 0 Å². The summed E-state index contributed by atoms with van der Waals surface area (Å²) in [6, 6.07) is 6.04. The molecule has 2 rings (SSSR count). The maximum atomic E-state index is 10.9. The second-order valence-electron chi connectivity index (χ2n) is 4.93. The van der Waals surface area contributed by atoms with Crippen LogP contribution in [0.15, 0.2) is 18.2 Å². The van der Waals surface area contributed by atoms with Crippen molar-refractivity contribution < 1.29 is 9.90 Å². The Morgan fingerprint density at radius 3 is 2.89 bits per heavy atom. The van der Waals surface area contributed by atoms with Crippen LogP contribution in [0, 0.1) is 3.57 Å². The maximum absolute atomic E-state index is 10.9. The number of halogens is 1. The topological polar surface area (TPSA) is 40.5 Å². The zero-order valence-electron chi connectivity index (χ0n) is 10.5. The number of carboxylic acids is 1. The highest BCUT2D eigenvalue weighted by Gasteiger charge is 2.19. The predicted octanol–water partition coefficient (Wildman–Crippen LogP) is 3.36. The first-order valence-corrected chi connectivity index (χ1v) is 7.41. The number of carbonyl (C=O) groups is 1. The van der Waals surface area contributed by atoms with E-state index in [4.69, 9.17) is 5.11 Å². The smallest absolute Gasteiger partial charge is 0.335 e. The quantitative estimate of drug-likeness (QED) is 0.842. The van der Waals surface area contributed by atoms with Gasteiger partial charge in [-0.1, -0.05) is 12.5 Å². The molecule has 1 aromatic carbocycles. The van der Waals surface area contributed by atoms with E-state index in [0.717, 1.165) is 16.7 Å². The summed E-state index contributed by atoms with van der Waals surface area (Å²) >= 11 is 2.23. The lowest BCUT2D eigenvalue weighted by atomic mass is 10.0. The Labute approximate surface area is 121 Å². The van der Waals surface area contributed by atoms with Crippen LogP contribution >= 0.6 is 22.6 Å². The average molecular weight is 359 g/mol. The SMILES string of the molecule is CC1CCCCN1Cc1ccc(C(=O)O)cc1I. The molecule has 1 atom stereocenters. The number of benzene rings is 1. The van der Waals surface area contributed by atoms with Gasteiger partial charge in [0.1, 0.15) is 0 Å². The van der Waals surface area contributed by atoms with E-state index in [1.807, 2.05) is 6.07 Å². The molecule has 4 heteroatoms. The first-order valence-electron chi connectivity index (χ1n) is 6.33. The number of carboxylic acid groups (broad SMARTS) is 1. The van der Waals surface area contributed by atoms with E-state index in [1.165, 1.54) is 24.8 Å². The summed E-state index contributed by atoms with van der Waals surface area (Å²) in [5.41, 5.74) is 1.60. The first kappa shape index (κ1) is 13.8. The van der Waals surface area contributed by atoms with Gasteiger partial charge in [-0.3, -0.25) is 4.90 Å². The third kappa shape index (κ3) is 3.23. The number of hydrogen-bond acceptors (Lipinski definition) is 2. The summed E-state index contributed by atoms with van der Waals surface area (Å²) in [5, 5.41) is 8.95. The first-order chi connectivity index (χ1) is 8.58. The lowest BCUT2D eigenvalue weighted by Crippen LogP contribution is -2.36. The van der Waals surface area contributed by atoms with Crippen LogP contribution in [0.3, 0.4) is 0 Å². The van der Waals surface area contributed by atoms with Gasteiger partial charge >= 0.3 is 5.97 Å². The predicted molar refractivity (Wildman–Crippen MR) is 79.8 cm³/mol. The summed E-state index contributed by atoms with van der Waals surface area (Å²) < 4.78 is 1.05. The minimum absolute atomic E-state index is 0.370. The van der Waals surface area contributed by atoms with E-state index >= 15 is 0 Å². The van der Waals surface area contributed by atoms with E-state index in [1.54, 1.807) is 12.1 Å². The third-order valence-electron chi connectivity index (χ3n) is 3.61. The number of nitrogens with zero attached hydrogens (tertiary/aromatic N) is 1. The summed E-state index contributed by atoms with van der Waals surface area (Å²) in [6.45, 7) is 4.36. The molecule has 0 bridgehead atoms. The number of rotatable bonds is 3. The van der Waals surface area contributed by atoms with Gasteiger partial charge < -0.3 is 5.11 Å². The van der Waals surface area contributed by atoms with Crippen LogP contribution in [-0.4, -0.2) is 28.6 Å². The van der Waals surface area contributed by atoms with Gasteiger partial charge in [0.2, 0.25) is 0 Å². The van der Waals surface area contributed by atoms with Crippen molar-refractivity contribution in [3.05, 3.63) is 32.9 Å². The third-order valence-corrected chi connectivity index (χ3v) is 4.62. The summed E-state index contributed by atoms with van der Waals surface area (Å²) in [5.74, 6) is -0.856. The molecule has 0 saturated carbocycles. The van der Waals surface area contributed by atoms with Gasteiger partial charge in [-0.2, -0.15) is 0 Å². The largest absolute Gasteiger partial charge is 0.478 e. The van der Waals surface area contributed by atoms with Crippen molar-refractivity contribution in [2.45, 2.75) is 38.8 Å². The average Bonchev–Trinajstić information content (AvgIpc) is 2.34. The lowest BCUT2D eigenvalue weighted by Gasteiger charge is -2.33. The fourth-order valence-corrected chi connectivity index (χ4v) is 3.11. The van der Waals surface area contributed by atoms with Gasteiger partial charge in [0, 0.05) is 16.2 Å². The molecule has 1 heterocycles. The minimum atomic E-state index is -0.856. The molecule has 0 amide bonds. The molecule has 3 nitrogen and oxygen atoms in total. The van der Waals surface area contributed by atoms with E-state index in [0.29, 0.717) is 11.6 Å². The fraction of sp³-hybridized carbons (Fsp3) is 0.500. The van der Waals surface area contributed by atoms with Gasteiger partial charge in [0.25, 0.3) is 0 Å². The zero-order valence-corrected chi connectivity index (χ0v) is 12.7. The van der Waals surface area contributed by atoms with Gasteiger partial charge in [0.15, 0.2) is 0 Å². The Bertz CT molecular complexity index is 447. The van der Waals surface area contributed by atoms with Crippen LogP contribution < -0.4 is 0 Å². The molecule has 1 N–H and O–H groups in total. The molecular weight excluding hydrogens is 341 g/mol. The molecule has 1 aliphatic rings. The Morgan fingerprint density at radius 1 is 1.50 bits per heavy atom. The normalized spacial score (nSPS) is 20.9. The van der Waals surface area contributed by atoms with Crippen molar-refractivity contribution in [2.75, 3.05) is 6.54 Å². The van der Waals surface area contributed by atoms with Gasteiger partial charge in [-0.05, 0) is 66.6 Å². The number of hydrogen-bond donors (Lipinski definition) is 1. The fourth-order valence-electron chi connectivity index (χ4n) is 2.42. The molecule has 0 radical (unpaired) electrons. The van der Waals surface area contributed by atoms with Crippen LogP contribution in [-0.2, 0) is 6.54 Å². The van der Waals surface area contributed by atoms with E-state index in [9.17, 15) is 4.79 Å². The van der Waals surface area contributed by atoms with Crippen molar-refractivity contribution in [3.8, 4) is 0 Å². The highest BCUT2D eigenvalue weighted by molar-refractivity contribution is 14.1. The molecule has 1 unspecified atom stereocenters. The Balaban J connectivity index is 2.11. The van der Waals surface area contributed by atoms with Crippen LogP contribution in [0.1, 0.15) is 42.1 Å². The molecule has 0 aromatic heterocycles. The Kier molecular flexibility index (Phi) is 4.61. The van der Waals surface area contributed by atoms with E-state index in [-0.39, 0.29) is 0 Å². The molecule has 0 aliphatic carbocycles. The molecule has 18 heavy (non-hydrogen) atoms. The lowest BCUT2D eigenvalue weighted by molar-refractivity contribution is 0.0696. The maximum Gasteiger partial charge on any atom is 0.335 e. The van der Waals surface area contributed by atoms with Crippen LogP contribution in [0.4, 0.5) is 0 Å².